The maximum absolute atomic E-state index is 9.81. The molecule has 0 spiro atoms. The first-order valence-electron chi connectivity index (χ1n) is 7.22. The van der Waals surface area contributed by atoms with E-state index in [0.717, 1.165) is 0 Å². The predicted molar refractivity (Wildman–Crippen MR) is 72.7 cm³/mol. The van der Waals surface area contributed by atoms with E-state index in [-0.39, 0.29) is 0 Å². The van der Waals surface area contributed by atoms with Crippen LogP contribution in [0.5, 0.6) is 0 Å². The Labute approximate surface area is 111 Å². The van der Waals surface area contributed by atoms with E-state index < -0.39 is 6.10 Å². The van der Waals surface area contributed by atoms with E-state index in [1.165, 1.54) is 32.1 Å². The first-order chi connectivity index (χ1) is 8.74. The molecule has 2 N–H and O–H groups in total. The zero-order valence-corrected chi connectivity index (χ0v) is 11.9. The quantitative estimate of drug-likeness (QED) is 0.513. The van der Waals surface area contributed by atoms with Crippen molar-refractivity contribution in [2.75, 3.05) is 33.5 Å². The minimum atomic E-state index is -0.419. The summed E-state index contributed by atoms with van der Waals surface area (Å²) in [7, 11) is 1.65. The van der Waals surface area contributed by atoms with Crippen LogP contribution in [-0.4, -0.2) is 50.7 Å². The molecule has 0 saturated heterocycles. The second-order valence-corrected chi connectivity index (χ2v) is 5.35. The lowest BCUT2D eigenvalue weighted by Gasteiger charge is -2.24. The van der Waals surface area contributed by atoms with Gasteiger partial charge in [-0.15, -0.1) is 0 Å². The lowest BCUT2D eigenvalue weighted by Crippen LogP contribution is -2.40. The van der Waals surface area contributed by atoms with Crippen LogP contribution in [0.25, 0.3) is 0 Å². The van der Waals surface area contributed by atoms with E-state index in [1.54, 1.807) is 7.11 Å². The van der Waals surface area contributed by atoms with E-state index in [1.807, 2.05) is 0 Å². The highest BCUT2D eigenvalue weighted by molar-refractivity contribution is 4.77. The van der Waals surface area contributed by atoms with Crippen LogP contribution >= 0.6 is 0 Å². The number of ether oxygens (including phenoxy) is 2. The molecule has 1 rings (SSSR count). The molecular weight excluding hydrogens is 230 g/mol. The molecule has 0 bridgehead atoms. The molecule has 0 aromatic rings. The SMILES string of the molecule is COCCOCC(O)CNC1CCCCCC1C. The summed E-state index contributed by atoms with van der Waals surface area (Å²) >= 11 is 0. The maximum Gasteiger partial charge on any atom is 0.0897 e. The molecule has 0 aliphatic heterocycles. The summed E-state index contributed by atoms with van der Waals surface area (Å²) in [5.41, 5.74) is 0. The number of nitrogens with one attached hydrogen (secondary N) is 1. The van der Waals surface area contributed by atoms with Crippen molar-refractivity contribution in [3.63, 3.8) is 0 Å². The van der Waals surface area contributed by atoms with Crippen molar-refractivity contribution in [3.8, 4) is 0 Å². The Hall–Kier alpha value is -0.160. The van der Waals surface area contributed by atoms with Crippen molar-refractivity contribution in [1.29, 1.82) is 0 Å². The molecule has 108 valence electrons. The number of hydrogen-bond acceptors (Lipinski definition) is 4. The van der Waals surface area contributed by atoms with Gasteiger partial charge in [0.05, 0.1) is 25.9 Å². The molecule has 3 unspecified atom stereocenters. The van der Waals surface area contributed by atoms with E-state index in [4.69, 9.17) is 9.47 Å². The van der Waals surface area contributed by atoms with Crippen LogP contribution in [0.3, 0.4) is 0 Å². The third-order valence-corrected chi connectivity index (χ3v) is 3.72. The average molecular weight is 259 g/mol. The molecule has 0 aromatic carbocycles. The standard InChI is InChI=1S/C14H29NO3/c1-12-6-4-3-5-7-14(12)15-10-13(16)11-18-9-8-17-2/h12-16H,3-11H2,1-2H3. The smallest absolute Gasteiger partial charge is 0.0897 e. The Morgan fingerprint density at radius 2 is 2.00 bits per heavy atom. The van der Waals surface area contributed by atoms with Crippen molar-refractivity contribution in [1.82, 2.24) is 5.32 Å². The van der Waals surface area contributed by atoms with Gasteiger partial charge in [0.15, 0.2) is 0 Å². The van der Waals surface area contributed by atoms with Crippen LogP contribution in [0.2, 0.25) is 0 Å². The van der Waals surface area contributed by atoms with Gasteiger partial charge in [0.1, 0.15) is 0 Å². The molecule has 18 heavy (non-hydrogen) atoms. The van der Waals surface area contributed by atoms with Crippen molar-refractivity contribution in [2.45, 2.75) is 51.2 Å². The third-order valence-electron chi connectivity index (χ3n) is 3.72. The molecule has 1 fully saturated rings. The fourth-order valence-electron chi connectivity index (χ4n) is 2.50. The Bertz CT molecular complexity index is 201. The fraction of sp³-hybridized carbons (Fsp3) is 1.00. The van der Waals surface area contributed by atoms with Crippen molar-refractivity contribution < 1.29 is 14.6 Å². The van der Waals surface area contributed by atoms with Crippen LogP contribution in [0.4, 0.5) is 0 Å². The average Bonchev–Trinajstić information content (AvgIpc) is 2.57. The van der Waals surface area contributed by atoms with Gasteiger partial charge in [0.25, 0.3) is 0 Å². The van der Waals surface area contributed by atoms with Gasteiger partial charge in [-0.2, -0.15) is 0 Å². The normalized spacial score (nSPS) is 26.8. The molecule has 1 saturated carbocycles. The number of rotatable bonds is 8. The van der Waals surface area contributed by atoms with Gasteiger partial charge in [-0.25, -0.2) is 0 Å². The summed E-state index contributed by atoms with van der Waals surface area (Å²) in [5.74, 6) is 0.717. The molecule has 0 amide bonds. The fourth-order valence-corrected chi connectivity index (χ4v) is 2.50. The van der Waals surface area contributed by atoms with Gasteiger partial charge < -0.3 is 19.9 Å². The van der Waals surface area contributed by atoms with E-state index in [0.29, 0.717) is 38.3 Å². The van der Waals surface area contributed by atoms with E-state index in [9.17, 15) is 5.11 Å². The van der Waals surface area contributed by atoms with Crippen molar-refractivity contribution >= 4 is 0 Å². The molecule has 4 heteroatoms. The van der Waals surface area contributed by atoms with Gasteiger partial charge in [0.2, 0.25) is 0 Å². The maximum atomic E-state index is 9.81. The van der Waals surface area contributed by atoms with E-state index >= 15 is 0 Å². The molecule has 1 aliphatic carbocycles. The lowest BCUT2D eigenvalue weighted by molar-refractivity contribution is 0.0122. The van der Waals surface area contributed by atoms with Gasteiger partial charge in [-0.05, 0) is 18.8 Å². The van der Waals surface area contributed by atoms with Gasteiger partial charge in [0, 0.05) is 19.7 Å². The van der Waals surface area contributed by atoms with Crippen LogP contribution in [0, 0.1) is 5.92 Å². The van der Waals surface area contributed by atoms with Crippen LogP contribution in [0.15, 0.2) is 0 Å². The summed E-state index contributed by atoms with van der Waals surface area (Å²) in [6.07, 6.45) is 6.13. The molecule has 1 aliphatic rings. The summed E-state index contributed by atoms with van der Waals surface area (Å²) in [6.45, 7) is 4.46. The Morgan fingerprint density at radius 1 is 1.22 bits per heavy atom. The summed E-state index contributed by atoms with van der Waals surface area (Å²) in [6, 6.07) is 0.557. The zero-order valence-electron chi connectivity index (χ0n) is 11.9. The third kappa shape index (κ3) is 6.69. The number of hydrogen-bond donors (Lipinski definition) is 2. The second-order valence-electron chi connectivity index (χ2n) is 5.35. The first-order valence-corrected chi connectivity index (χ1v) is 7.22. The first kappa shape index (κ1) is 15.9. The zero-order chi connectivity index (χ0) is 13.2. The van der Waals surface area contributed by atoms with Crippen molar-refractivity contribution in [3.05, 3.63) is 0 Å². The highest BCUT2D eigenvalue weighted by Crippen LogP contribution is 2.22. The molecular formula is C14H29NO3. The molecule has 4 nitrogen and oxygen atoms in total. The Morgan fingerprint density at radius 3 is 2.78 bits per heavy atom. The molecule has 0 heterocycles. The number of methoxy groups -OCH3 is 1. The van der Waals surface area contributed by atoms with Gasteiger partial charge >= 0.3 is 0 Å². The largest absolute Gasteiger partial charge is 0.389 e. The number of aliphatic hydroxyl groups is 1. The molecule has 0 radical (unpaired) electrons. The highest BCUT2D eigenvalue weighted by atomic mass is 16.5. The van der Waals surface area contributed by atoms with Crippen LogP contribution in [0.1, 0.15) is 39.0 Å². The monoisotopic (exact) mass is 259 g/mol. The van der Waals surface area contributed by atoms with Crippen LogP contribution in [-0.2, 0) is 9.47 Å². The van der Waals surface area contributed by atoms with Crippen LogP contribution < -0.4 is 5.32 Å². The summed E-state index contributed by atoms with van der Waals surface area (Å²) < 4.78 is 10.2. The second kappa shape index (κ2) is 9.73. The van der Waals surface area contributed by atoms with Gasteiger partial charge in [-0.3, -0.25) is 0 Å². The van der Waals surface area contributed by atoms with E-state index in [2.05, 4.69) is 12.2 Å². The topological polar surface area (TPSA) is 50.7 Å². The predicted octanol–water partition coefficient (Wildman–Crippen LogP) is 1.57. The minimum Gasteiger partial charge on any atom is -0.389 e. The molecule has 0 aromatic heterocycles. The molecule has 3 atom stereocenters. The summed E-state index contributed by atoms with van der Waals surface area (Å²) in [5, 5.41) is 13.3. The highest BCUT2D eigenvalue weighted by Gasteiger charge is 2.20. The Balaban J connectivity index is 2.10. The van der Waals surface area contributed by atoms with Crippen molar-refractivity contribution in [2.24, 2.45) is 5.92 Å². The lowest BCUT2D eigenvalue weighted by atomic mass is 9.97. The number of aliphatic hydroxyl groups excluding tert-OH is 1. The van der Waals surface area contributed by atoms with Gasteiger partial charge in [-0.1, -0.05) is 26.2 Å². The summed E-state index contributed by atoms with van der Waals surface area (Å²) in [4.78, 5) is 0. The Kier molecular flexibility index (Phi) is 8.59. The minimum absolute atomic E-state index is 0.386.